The van der Waals surface area contributed by atoms with Gasteiger partial charge in [0.25, 0.3) is 0 Å². The second-order valence-corrected chi connectivity index (χ2v) is 8.39. The van der Waals surface area contributed by atoms with Crippen LogP contribution >= 0.6 is 35.3 Å². The number of thiophene rings is 1. The highest BCUT2D eigenvalue weighted by molar-refractivity contribution is 14.0. The summed E-state index contributed by atoms with van der Waals surface area (Å²) in [5.74, 6) is 0.915. The molecule has 1 aromatic heterocycles. The van der Waals surface area contributed by atoms with Gasteiger partial charge in [0, 0.05) is 49.6 Å². The van der Waals surface area contributed by atoms with Crippen LogP contribution in [0.2, 0.25) is 0 Å². The van der Waals surface area contributed by atoms with Gasteiger partial charge in [-0.15, -0.1) is 35.3 Å². The Morgan fingerprint density at radius 3 is 2.60 bits per heavy atom. The fourth-order valence-electron chi connectivity index (χ4n) is 3.06. The summed E-state index contributed by atoms with van der Waals surface area (Å²) in [4.78, 5) is 8.29. The second kappa shape index (κ2) is 10.5. The van der Waals surface area contributed by atoms with E-state index in [1.54, 1.807) is 0 Å². The number of likely N-dealkylation sites (tertiary alicyclic amines) is 1. The van der Waals surface area contributed by atoms with Gasteiger partial charge in [-0.1, -0.05) is 32.1 Å². The first-order valence-corrected chi connectivity index (χ1v) is 9.66. The fraction of sp³-hybridized carbons (Fsp3) is 0.632. The van der Waals surface area contributed by atoms with Gasteiger partial charge in [-0.3, -0.25) is 9.89 Å². The van der Waals surface area contributed by atoms with Gasteiger partial charge in [0.05, 0.1) is 0 Å². The third kappa shape index (κ3) is 7.27. The maximum Gasteiger partial charge on any atom is 0.191 e. The molecule has 2 heterocycles. The molecule has 0 aromatic carbocycles. The maximum absolute atomic E-state index is 4.40. The number of halogens is 1. The van der Waals surface area contributed by atoms with E-state index >= 15 is 0 Å². The van der Waals surface area contributed by atoms with Gasteiger partial charge in [-0.2, -0.15) is 0 Å². The molecule has 0 unspecified atom stereocenters. The third-order valence-corrected chi connectivity index (χ3v) is 5.77. The highest BCUT2D eigenvalue weighted by Gasteiger charge is 2.23. The molecule has 0 radical (unpaired) electrons. The normalized spacial score (nSPS) is 17.0. The van der Waals surface area contributed by atoms with Crippen LogP contribution in [-0.4, -0.2) is 50.1 Å². The Hall–Kier alpha value is -0.600. The molecule has 1 aliphatic heterocycles. The SMILES string of the molecule is C=C(C)CN1CCC(NC(=NC)NCC(C)(C)c2cccs2)CC1.I. The zero-order chi connectivity index (χ0) is 17.6. The molecule has 1 fully saturated rings. The fourth-order valence-corrected chi connectivity index (χ4v) is 3.91. The second-order valence-electron chi connectivity index (χ2n) is 7.44. The smallest absolute Gasteiger partial charge is 0.191 e. The van der Waals surface area contributed by atoms with Crippen LogP contribution in [0, 0.1) is 0 Å². The summed E-state index contributed by atoms with van der Waals surface area (Å²) < 4.78 is 0. The molecule has 1 aliphatic rings. The molecule has 0 aliphatic carbocycles. The summed E-state index contributed by atoms with van der Waals surface area (Å²) >= 11 is 1.82. The van der Waals surface area contributed by atoms with Crippen molar-refractivity contribution in [3.05, 3.63) is 34.5 Å². The summed E-state index contributed by atoms with van der Waals surface area (Å²) in [6.07, 6.45) is 2.31. The molecule has 1 aromatic rings. The minimum Gasteiger partial charge on any atom is -0.356 e. The van der Waals surface area contributed by atoms with Crippen LogP contribution in [-0.2, 0) is 5.41 Å². The van der Waals surface area contributed by atoms with Crippen molar-refractivity contribution < 1.29 is 0 Å². The number of aliphatic imine (C=N–C) groups is 1. The lowest BCUT2D eigenvalue weighted by Crippen LogP contribution is -2.50. The summed E-state index contributed by atoms with van der Waals surface area (Å²) in [5, 5.41) is 9.24. The topological polar surface area (TPSA) is 39.7 Å². The molecule has 0 bridgehead atoms. The van der Waals surface area contributed by atoms with Gasteiger partial charge in [0.2, 0.25) is 0 Å². The first kappa shape index (κ1) is 22.4. The number of nitrogens with one attached hydrogen (secondary N) is 2. The summed E-state index contributed by atoms with van der Waals surface area (Å²) in [7, 11) is 1.85. The van der Waals surface area contributed by atoms with Crippen molar-refractivity contribution >= 4 is 41.3 Å². The molecule has 0 saturated carbocycles. The molecule has 0 amide bonds. The third-order valence-electron chi connectivity index (χ3n) is 4.53. The quantitative estimate of drug-likeness (QED) is 0.284. The Kier molecular flexibility index (Phi) is 9.45. The lowest BCUT2D eigenvalue weighted by Gasteiger charge is -2.33. The minimum atomic E-state index is 0. The van der Waals surface area contributed by atoms with Crippen molar-refractivity contribution in [1.82, 2.24) is 15.5 Å². The Morgan fingerprint density at radius 1 is 1.40 bits per heavy atom. The van der Waals surface area contributed by atoms with Crippen LogP contribution in [0.3, 0.4) is 0 Å². The van der Waals surface area contributed by atoms with Crippen LogP contribution in [0.4, 0.5) is 0 Å². The van der Waals surface area contributed by atoms with Crippen molar-refractivity contribution in [2.24, 2.45) is 4.99 Å². The van der Waals surface area contributed by atoms with E-state index < -0.39 is 0 Å². The van der Waals surface area contributed by atoms with E-state index in [4.69, 9.17) is 0 Å². The van der Waals surface area contributed by atoms with Gasteiger partial charge in [-0.05, 0) is 31.2 Å². The van der Waals surface area contributed by atoms with Crippen molar-refractivity contribution in [3.63, 3.8) is 0 Å². The zero-order valence-corrected chi connectivity index (χ0v) is 19.1. The number of nitrogens with zero attached hydrogens (tertiary/aromatic N) is 2. The number of rotatable bonds is 6. The monoisotopic (exact) mass is 476 g/mol. The van der Waals surface area contributed by atoms with E-state index in [1.165, 1.54) is 10.5 Å². The molecule has 4 nitrogen and oxygen atoms in total. The van der Waals surface area contributed by atoms with Gasteiger partial charge >= 0.3 is 0 Å². The average Bonchev–Trinajstić information content (AvgIpc) is 3.08. The molecular formula is C19H33IN4S. The van der Waals surface area contributed by atoms with Crippen molar-refractivity contribution in [2.75, 3.05) is 33.2 Å². The standard InChI is InChI=1S/C19H32N4S.HI/c1-15(2)13-23-10-8-16(9-11-23)22-18(20-5)21-14-19(3,4)17-7-6-12-24-17;/h6-7,12,16H,1,8-11,13-14H2,2-5H3,(H2,20,21,22);1H. The largest absolute Gasteiger partial charge is 0.356 e. The molecule has 6 heteroatoms. The number of piperidine rings is 1. The molecule has 2 rings (SSSR count). The first-order chi connectivity index (χ1) is 11.4. The Bertz CT molecular complexity index is 546. The number of hydrogen-bond acceptors (Lipinski definition) is 3. The lowest BCUT2D eigenvalue weighted by molar-refractivity contribution is 0.221. The summed E-state index contributed by atoms with van der Waals surface area (Å²) in [6.45, 7) is 14.8. The zero-order valence-electron chi connectivity index (χ0n) is 16.0. The molecule has 25 heavy (non-hydrogen) atoms. The molecular weight excluding hydrogens is 443 g/mol. The predicted octanol–water partition coefficient (Wildman–Crippen LogP) is 3.85. The van der Waals surface area contributed by atoms with E-state index in [0.29, 0.717) is 6.04 Å². The maximum atomic E-state index is 4.40. The van der Waals surface area contributed by atoms with E-state index in [1.807, 2.05) is 18.4 Å². The van der Waals surface area contributed by atoms with Crippen LogP contribution in [0.5, 0.6) is 0 Å². The van der Waals surface area contributed by atoms with E-state index in [-0.39, 0.29) is 29.4 Å². The van der Waals surface area contributed by atoms with E-state index in [0.717, 1.165) is 45.0 Å². The Balaban J connectivity index is 0.00000312. The predicted molar refractivity (Wildman–Crippen MR) is 122 cm³/mol. The Morgan fingerprint density at radius 2 is 2.08 bits per heavy atom. The van der Waals surface area contributed by atoms with Gasteiger partial charge in [0.1, 0.15) is 0 Å². The number of hydrogen-bond donors (Lipinski definition) is 2. The van der Waals surface area contributed by atoms with Gasteiger partial charge in [-0.25, -0.2) is 0 Å². The highest BCUT2D eigenvalue weighted by Crippen LogP contribution is 2.26. The van der Waals surface area contributed by atoms with E-state index in [2.05, 4.69) is 65.4 Å². The average molecular weight is 476 g/mol. The van der Waals surface area contributed by atoms with Crippen LogP contribution in [0.25, 0.3) is 0 Å². The molecule has 142 valence electrons. The molecule has 2 N–H and O–H groups in total. The minimum absolute atomic E-state index is 0. The lowest BCUT2D eigenvalue weighted by atomic mass is 9.91. The van der Waals surface area contributed by atoms with Crippen LogP contribution < -0.4 is 10.6 Å². The molecule has 0 atom stereocenters. The van der Waals surface area contributed by atoms with Crippen LogP contribution in [0.15, 0.2) is 34.7 Å². The molecule has 1 saturated heterocycles. The first-order valence-electron chi connectivity index (χ1n) is 8.78. The Labute approximate surface area is 174 Å². The highest BCUT2D eigenvalue weighted by atomic mass is 127. The van der Waals surface area contributed by atoms with Crippen molar-refractivity contribution in [2.45, 2.75) is 45.1 Å². The van der Waals surface area contributed by atoms with E-state index in [9.17, 15) is 0 Å². The van der Waals surface area contributed by atoms with Gasteiger partial charge in [0.15, 0.2) is 5.96 Å². The van der Waals surface area contributed by atoms with Crippen LogP contribution in [0.1, 0.15) is 38.5 Å². The van der Waals surface area contributed by atoms with Gasteiger partial charge < -0.3 is 10.6 Å². The molecule has 0 spiro atoms. The van der Waals surface area contributed by atoms with Crippen molar-refractivity contribution in [3.8, 4) is 0 Å². The van der Waals surface area contributed by atoms with Crippen molar-refractivity contribution in [1.29, 1.82) is 0 Å². The number of guanidine groups is 1. The summed E-state index contributed by atoms with van der Waals surface area (Å²) in [6, 6.07) is 4.83. The summed E-state index contributed by atoms with van der Waals surface area (Å²) in [5.41, 5.74) is 1.35.